The summed E-state index contributed by atoms with van der Waals surface area (Å²) in [4.78, 5) is 23.4. The number of carbonyl (C=O) groups excluding carboxylic acids is 2. The zero-order valence-electron chi connectivity index (χ0n) is 12.7. The molecular weight excluding hydrogens is 270 g/mol. The third-order valence-corrected chi connectivity index (χ3v) is 2.81. The molecule has 0 aliphatic carbocycles. The Labute approximate surface area is 124 Å². The molecule has 5 heteroatoms. The first-order valence-corrected chi connectivity index (χ1v) is 6.61. The summed E-state index contributed by atoms with van der Waals surface area (Å²) in [6, 6.07) is 8.38. The van der Waals surface area contributed by atoms with Crippen LogP contribution in [0, 0.1) is 16.7 Å². The SMILES string of the molecule is C[C@@H](Oc1ccc(C#N)cc1)C(=O)OCC(=O)C(C)(C)C. The molecule has 1 rings (SSSR count). The van der Waals surface area contributed by atoms with Crippen LogP contribution in [0.2, 0.25) is 0 Å². The van der Waals surface area contributed by atoms with E-state index in [1.54, 1.807) is 52.0 Å². The number of nitriles is 1. The van der Waals surface area contributed by atoms with Gasteiger partial charge in [0.2, 0.25) is 0 Å². The zero-order chi connectivity index (χ0) is 16.0. The van der Waals surface area contributed by atoms with Crippen molar-refractivity contribution in [1.82, 2.24) is 0 Å². The number of ketones is 1. The van der Waals surface area contributed by atoms with E-state index in [1.807, 2.05) is 6.07 Å². The molecule has 0 saturated carbocycles. The van der Waals surface area contributed by atoms with E-state index in [0.29, 0.717) is 11.3 Å². The Morgan fingerprint density at radius 3 is 2.29 bits per heavy atom. The number of nitrogens with zero attached hydrogens (tertiary/aromatic N) is 1. The highest BCUT2D eigenvalue weighted by molar-refractivity contribution is 5.87. The second kappa shape index (κ2) is 6.89. The summed E-state index contributed by atoms with van der Waals surface area (Å²) in [6.45, 7) is 6.57. The van der Waals surface area contributed by atoms with Gasteiger partial charge >= 0.3 is 5.97 Å². The maximum atomic E-state index is 11.8. The molecule has 5 nitrogen and oxygen atoms in total. The Hall–Kier alpha value is -2.35. The topological polar surface area (TPSA) is 76.4 Å². The summed E-state index contributed by atoms with van der Waals surface area (Å²) < 4.78 is 10.3. The number of carbonyl (C=O) groups is 2. The fraction of sp³-hybridized carbons (Fsp3) is 0.438. The molecule has 1 aromatic rings. The maximum Gasteiger partial charge on any atom is 0.347 e. The standard InChI is InChI=1S/C16H19NO4/c1-11(15(19)20-10-14(18)16(2,3)4)21-13-7-5-12(9-17)6-8-13/h5-8,11H,10H2,1-4H3/t11-/m1/s1. The lowest BCUT2D eigenvalue weighted by Gasteiger charge is -2.18. The van der Waals surface area contributed by atoms with Crippen LogP contribution in [0.3, 0.4) is 0 Å². The maximum absolute atomic E-state index is 11.8. The van der Waals surface area contributed by atoms with Gasteiger partial charge in [0, 0.05) is 5.41 Å². The summed E-state index contributed by atoms with van der Waals surface area (Å²) in [7, 11) is 0. The van der Waals surface area contributed by atoms with Gasteiger partial charge in [0.25, 0.3) is 0 Å². The molecule has 1 aromatic carbocycles. The average Bonchev–Trinajstić information content (AvgIpc) is 2.44. The van der Waals surface area contributed by atoms with E-state index in [2.05, 4.69) is 0 Å². The highest BCUT2D eigenvalue weighted by Crippen LogP contribution is 2.16. The molecule has 0 bridgehead atoms. The van der Waals surface area contributed by atoms with Crippen LogP contribution in [0.1, 0.15) is 33.3 Å². The molecule has 0 aliphatic heterocycles. The summed E-state index contributed by atoms with van der Waals surface area (Å²) in [5, 5.41) is 8.69. The van der Waals surface area contributed by atoms with Gasteiger partial charge in [0.15, 0.2) is 18.5 Å². The molecule has 0 radical (unpaired) electrons. The number of rotatable bonds is 5. The third kappa shape index (κ3) is 5.27. The summed E-state index contributed by atoms with van der Waals surface area (Å²) in [6.07, 6.45) is -0.828. The average molecular weight is 289 g/mol. The second-order valence-corrected chi connectivity index (χ2v) is 5.68. The third-order valence-electron chi connectivity index (χ3n) is 2.81. The van der Waals surface area contributed by atoms with Crippen LogP contribution in [0.5, 0.6) is 5.75 Å². The van der Waals surface area contributed by atoms with E-state index in [1.165, 1.54) is 0 Å². The van der Waals surface area contributed by atoms with Crippen LogP contribution in [0.25, 0.3) is 0 Å². The van der Waals surface area contributed by atoms with Crippen molar-refractivity contribution in [1.29, 1.82) is 5.26 Å². The lowest BCUT2D eigenvalue weighted by Crippen LogP contribution is -2.31. The molecule has 0 N–H and O–H groups in total. The van der Waals surface area contributed by atoms with E-state index < -0.39 is 17.5 Å². The summed E-state index contributed by atoms with van der Waals surface area (Å²) in [5.74, 6) is -0.293. The molecule has 0 aliphatic rings. The Kier molecular flexibility index (Phi) is 5.48. The smallest absolute Gasteiger partial charge is 0.347 e. The first kappa shape index (κ1) is 16.7. The fourth-order valence-corrected chi connectivity index (χ4v) is 1.33. The lowest BCUT2D eigenvalue weighted by molar-refractivity contribution is -0.155. The number of hydrogen-bond acceptors (Lipinski definition) is 5. The van der Waals surface area contributed by atoms with Crippen molar-refractivity contribution in [2.45, 2.75) is 33.8 Å². The van der Waals surface area contributed by atoms with E-state index in [4.69, 9.17) is 14.7 Å². The first-order chi connectivity index (χ1) is 9.74. The monoisotopic (exact) mass is 289 g/mol. The van der Waals surface area contributed by atoms with Crippen molar-refractivity contribution < 1.29 is 19.1 Å². The molecular formula is C16H19NO4. The number of ether oxygens (including phenoxy) is 2. The van der Waals surface area contributed by atoms with Gasteiger partial charge in [-0.15, -0.1) is 0 Å². The van der Waals surface area contributed by atoms with Gasteiger partial charge in [-0.25, -0.2) is 4.79 Å². The minimum absolute atomic E-state index is 0.151. The number of benzene rings is 1. The lowest BCUT2D eigenvalue weighted by atomic mass is 9.91. The van der Waals surface area contributed by atoms with Crippen molar-refractivity contribution in [3.05, 3.63) is 29.8 Å². The summed E-state index contributed by atoms with van der Waals surface area (Å²) >= 11 is 0. The predicted molar refractivity (Wildman–Crippen MR) is 76.7 cm³/mol. The van der Waals surface area contributed by atoms with Gasteiger partial charge in [-0.3, -0.25) is 4.79 Å². The normalized spacial score (nSPS) is 12.1. The molecule has 0 aromatic heterocycles. The minimum atomic E-state index is -0.828. The Morgan fingerprint density at radius 2 is 1.81 bits per heavy atom. The highest BCUT2D eigenvalue weighted by Gasteiger charge is 2.24. The molecule has 0 unspecified atom stereocenters. The van der Waals surface area contributed by atoms with Crippen LogP contribution < -0.4 is 4.74 Å². The van der Waals surface area contributed by atoms with Gasteiger partial charge in [-0.05, 0) is 31.2 Å². The number of esters is 1. The molecule has 1 atom stereocenters. The Balaban J connectivity index is 2.51. The number of hydrogen-bond donors (Lipinski definition) is 0. The molecule has 21 heavy (non-hydrogen) atoms. The largest absolute Gasteiger partial charge is 0.479 e. The van der Waals surface area contributed by atoms with E-state index in [-0.39, 0.29) is 12.4 Å². The van der Waals surface area contributed by atoms with Gasteiger partial charge < -0.3 is 9.47 Å². The van der Waals surface area contributed by atoms with E-state index in [0.717, 1.165) is 0 Å². The Bertz CT molecular complexity index is 549. The second-order valence-electron chi connectivity index (χ2n) is 5.68. The van der Waals surface area contributed by atoms with Gasteiger partial charge in [-0.2, -0.15) is 5.26 Å². The van der Waals surface area contributed by atoms with Crippen molar-refractivity contribution >= 4 is 11.8 Å². The quantitative estimate of drug-likeness (QED) is 0.778. The van der Waals surface area contributed by atoms with Crippen molar-refractivity contribution in [3.8, 4) is 11.8 Å². The van der Waals surface area contributed by atoms with Gasteiger partial charge in [-0.1, -0.05) is 20.8 Å². The van der Waals surface area contributed by atoms with Crippen molar-refractivity contribution in [2.24, 2.45) is 5.41 Å². The molecule has 0 spiro atoms. The zero-order valence-corrected chi connectivity index (χ0v) is 12.7. The molecule has 0 fully saturated rings. The van der Waals surface area contributed by atoms with Crippen molar-refractivity contribution in [3.63, 3.8) is 0 Å². The molecule has 0 amide bonds. The summed E-state index contributed by atoms with van der Waals surface area (Å²) in [5.41, 5.74) is -0.0364. The van der Waals surface area contributed by atoms with Crippen LogP contribution >= 0.6 is 0 Å². The molecule has 0 heterocycles. The minimum Gasteiger partial charge on any atom is -0.479 e. The van der Waals surface area contributed by atoms with Crippen LogP contribution in [0.15, 0.2) is 24.3 Å². The van der Waals surface area contributed by atoms with Gasteiger partial charge in [0.05, 0.1) is 11.6 Å². The van der Waals surface area contributed by atoms with E-state index >= 15 is 0 Å². The predicted octanol–water partition coefficient (Wildman–Crippen LogP) is 2.48. The molecule has 0 saturated heterocycles. The number of Topliss-reactive ketones (excluding diaryl/α,β-unsaturated/α-hetero) is 1. The first-order valence-electron chi connectivity index (χ1n) is 6.61. The fourth-order valence-electron chi connectivity index (χ4n) is 1.33. The van der Waals surface area contributed by atoms with Crippen LogP contribution in [-0.2, 0) is 14.3 Å². The van der Waals surface area contributed by atoms with Gasteiger partial charge in [0.1, 0.15) is 5.75 Å². The molecule has 112 valence electrons. The Morgan fingerprint density at radius 1 is 1.24 bits per heavy atom. The highest BCUT2D eigenvalue weighted by atomic mass is 16.6. The van der Waals surface area contributed by atoms with E-state index in [9.17, 15) is 9.59 Å². The van der Waals surface area contributed by atoms with Crippen LogP contribution in [0.4, 0.5) is 0 Å². The van der Waals surface area contributed by atoms with Crippen molar-refractivity contribution in [2.75, 3.05) is 6.61 Å². The van der Waals surface area contributed by atoms with Crippen LogP contribution in [-0.4, -0.2) is 24.5 Å².